The minimum absolute atomic E-state index is 0.199. The van der Waals surface area contributed by atoms with Gasteiger partial charge >= 0.3 is 5.97 Å². The number of benzene rings is 2. The van der Waals surface area contributed by atoms with Crippen molar-refractivity contribution >= 4 is 39.3 Å². The van der Waals surface area contributed by atoms with Crippen molar-refractivity contribution in [3.8, 4) is 17.2 Å². The molecular formula is C28H29BrN2O6S. The molecule has 0 spiro atoms. The van der Waals surface area contributed by atoms with Crippen LogP contribution < -0.4 is 29.1 Å². The topological polar surface area (TPSA) is 88.4 Å². The molecule has 0 radical (unpaired) electrons. The van der Waals surface area contributed by atoms with E-state index in [2.05, 4.69) is 20.9 Å². The lowest BCUT2D eigenvalue weighted by molar-refractivity contribution is -0.139. The monoisotopic (exact) mass is 600 g/mol. The number of hydrogen-bond donors (Lipinski definition) is 0. The first kappa shape index (κ1) is 27.7. The van der Waals surface area contributed by atoms with Crippen molar-refractivity contribution in [2.45, 2.75) is 33.7 Å². The highest BCUT2D eigenvalue weighted by atomic mass is 79.9. The zero-order chi connectivity index (χ0) is 27.4. The smallest absolute Gasteiger partial charge is 0.338 e. The number of methoxy groups -OCH3 is 1. The molecule has 38 heavy (non-hydrogen) atoms. The van der Waals surface area contributed by atoms with E-state index < -0.39 is 12.0 Å². The van der Waals surface area contributed by atoms with Crippen LogP contribution in [0.25, 0.3) is 6.08 Å². The van der Waals surface area contributed by atoms with Gasteiger partial charge < -0.3 is 18.9 Å². The minimum Gasteiger partial charge on any atom is -0.497 e. The molecule has 200 valence electrons. The molecule has 1 aliphatic rings. The van der Waals surface area contributed by atoms with Crippen LogP contribution in [-0.4, -0.2) is 37.5 Å². The Bertz CT molecular complexity index is 1570. The van der Waals surface area contributed by atoms with E-state index in [0.717, 1.165) is 10.0 Å². The summed E-state index contributed by atoms with van der Waals surface area (Å²) in [7, 11) is 1.59. The predicted molar refractivity (Wildman–Crippen MR) is 150 cm³/mol. The Morgan fingerprint density at radius 2 is 1.82 bits per heavy atom. The first-order valence-electron chi connectivity index (χ1n) is 12.3. The zero-order valence-electron chi connectivity index (χ0n) is 21.9. The Labute approximate surface area is 233 Å². The van der Waals surface area contributed by atoms with Crippen LogP contribution in [-0.2, 0) is 9.53 Å². The maximum atomic E-state index is 13.9. The molecular weight excluding hydrogens is 572 g/mol. The second-order valence-electron chi connectivity index (χ2n) is 8.26. The van der Waals surface area contributed by atoms with Gasteiger partial charge in [0.25, 0.3) is 5.56 Å². The van der Waals surface area contributed by atoms with Crippen molar-refractivity contribution in [2.24, 2.45) is 4.99 Å². The third-order valence-corrected chi connectivity index (χ3v) is 7.60. The number of fused-ring (bicyclic) bond motifs is 1. The van der Waals surface area contributed by atoms with Crippen LogP contribution in [0.1, 0.15) is 44.9 Å². The van der Waals surface area contributed by atoms with Crippen LogP contribution in [0.5, 0.6) is 17.2 Å². The lowest BCUT2D eigenvalue weighted by Crippen LogP contribution is -2.40. The summed E-state index contributed by atoms with van der Waals surface area (Å²) in [6.45, 7) is 8.39. The summed E-state index contributed by atoms with van der Waals surface area (Å²) in [6, 6.07) is 10.2. The third kappa shape index (κ3) is 5.42. The maximum Gasteiger partial charge on any atom is 0.338 e. The molecule has 0 unspecified atom stereocenters. The number of allylic oxidation sites excluding steroid dienone is 1. The molecule has 1 atom stereocenters. The molecule has 4 rings (SSSR count). The van der Waals surface area contributed by atoms with Crippen molar-refractivity contribution in [1.29, 1.82) is 0 Å². The van der Waals surface area contributed by atoms with Gasteiger partial charge in [-0.1, -0.05) is 33.3 Å². The molecule has 1 aliphatic heterocycles. The van der Waals surface area contributed by atoms with Crippen LogP contribution in [0.2, 0.25) is 0 Å². The number of nitrogens with zero attached hydrogens (tertiary/aromatic N) is 2. The van der Waals surface area contributed by atoms with E-state index in [1.807, 2.05) is 44.2 Å². The molecule has 0 saturated heterocycles. The molecule has 0 bridgehead atoms. The Morgan fingerprint density at radius 3 is 2.50 bits per heavy atom. The number of carbonyl (C=O) groups is 1. The highest BCUT2D eigenvalue weighted by Gasteiger charge is 2.34. The van der Waals surface area contributed by atoms with Gasteiger partial charge in [-0.15, -0.1) is 0 Å². The Hall–Kier alpha value is -3.37. The number of esters is 1. The van der Waals surface area contributed by atoms with E-state index in [1.165, 1.54) is 11.3 Å². The second kappa shape index (κ2) is 12.0. The highest BCUT2D eigenvalue weighted by Crippen LogP contribution is 2.36. The van der Waals surface area contributed by atoms with Crippen LogP contribution in [0, 0.1) is 0 Å². The fraction of sp³-hybridized carbons (Fsp3) is 0.321. The van der Waals surface area contributed by atoms with Crippen LogP contribution in [0.15, 0.2) is 61.9 Å². The van der Waals surface area contributed by atoms with E-state index in [4.69, 9.17) is 18.9 Å². The van der Waals surface area contributed by atoms with Gasteiger partial charge in [0.1, 0.15) is 5.75 Å². The number of carbonyl (C=O) groups excluding carboxylic acids is 1. The van der Waals surface area contributed by atoms with Crippen molar-refractivity contribution < 1.29 is 23.7 Å². The number of rotatable bonds is 9. The molecule has 3 aromatic rings. The summed E-state index contributed by atoms with van der Waals surface area (Å²) in [5.41, 5.74) is 2.00. The van der Waals surface area contributed by atoms with Gasteiger partial charge in [0.15, 0.2) is 16.3 Å². The van der Waals surface area contributed by atoms with Gasteiger partial charge in [-0.25, -0.2) is 9.79 Å². The Balaban J connectivity index is 1.96. The lowest BCUT2D eigenvalue weighted by atomic mass is 9.95. The van der Waals surface area contributed by atoms with Gasteiger partial charge in [-0.2, -0.15) is 0 Å². The van der Waals surface area contributed by atoms with Crippen molar-refractivity contribution in [3.05, 3.63) is 83.0 Å². The second-order valence-corrected chi connectivity index (χ2v) is 10.1. The number of thiazole rings is 1. The average molecular weight is 602 g/mol. The van der Waals surface area contributed by atoms with Crippen LogP contribution >= 0.6 is 27.3 Å². The van der Waals surface area contributed by atoms with Gasteiger partial charge in [0, 0.05) is 4.47 Å². The largest absolute Gasteiger partial charge is 0.497 e. The normalized spacial score (nSPS) is 15.1. The third-order valence-electron chi connectivity index (χ3n) is 5.89. The zero-order valence-corrected chi connectivity index (χ0v) is 24.3. The van der Waals surface area contributed by atoms with Crippen molar-refractivity contribution in [3.63, 3.8) is 0 Å². The molecule has 2 heterocycles. The van der Waals surface area contributed by atoms with E-state index in [0.29, 0.717) is 56.6 Å². The number of ether oxygens (including phenoxy) is 4. The lowest BCUT2D eigenvalue weighted by Gasteiger charge is -2.25. The van der Waals surface area contributed by atoms with Crippen molar-refractivity contribution in [2.75, 3.05) is 26.9 Å². The van der Waals surface area contributed by atoms with Gasteiger partial charge in [-0.05, 0) is 75.2 Å². The Kier molecular flexibility index (Phi) is 8.73. The molecule has 2 aromatic carbocycles. The molecule has 1 aromatic heterocycles. The molecule has 0 amide bonds. The highest BCUT2D eigenvalue weighted by molar-refractivity contribution is 9.10. The summed E-state index contributed by atoms with van der Waals surface area (Å²) in [6.07, 6.45) is 1.79. The standard InChI is InChI=1S/C28H29BrN2O6S/c1-6-35-21-12-9-17(14-22(21)36-7-2)25-24(27(33)37-8-3)16(4)30-28-31(25)26(32)23(38-28)15-18-13-19(34-5)10-11-20(18)29/h9-15,25H,6-8H2,1-5H3/b23-15-/t25-/m1/s1. The summed E-state index contributed by atoms with van der Waals surface area (Å²) >= 11 is 4.81. The van der Waals surface area contributed by atoms with Gasteiger partial charge in [0.05, 0.1) is 48.8 Å². The predicted octanol–water partition coefficient (Wildman–Crippen LogP) is 4.37. The SMILES string of the molecule is CCOC(=O)C1=C(C)N=c2s/c(=C\c3cc(OC)ccc3Br)c(=O)n2[C@@H]1c1ccc(OCC)c(OCC)c1. The van der Waals surface area contributed by atoms with E-state index >= 15 is 0 Å². The van der Waals surface area contributed by atoms with Gasteiger partial charge in [0.2, 0.25) is 0 Å². The summed E-state index contributed by atoms with van der Waals surface area (Å²) in [5.74, 6) is 1.28. The molecule has 8 nitrogen and oxygen atoms in total. The summed E-state index contributed by atoms with van der Waals surface area (Å²) in [4.78, 5) is 32.2. The van der Waals surface area contributed by atoms with E-state index in [9.17, 15) is 9.59 Å². The fourth-order valence-electron chi connectivity index (χ4n) is 4.25. The number of halogens is 1. The Morgan fingerprint density at radius 1 is 1.08 bits per heavy atom. The minimum atomic E-state index is -0.754. The van der Waals surface area contributed by atoms with Gasteiger partial charge in [-0.3, -0.25) is 9.36 Å². The van der Waals surface area contributed by atoms with Crippen molar-refractivity contribution in [1.82, 2.24) is 4.57 Å². The average Bonchev–Trinajstić information content (AvgIpc) is 3.20. The number of aromatic nitrogens is 1. The van der Waals surface area contributed by atoms with E-state index in [-0.39, 0.29) is 12.2 Å². The fourth-order valence-corrected chi connectivity index (χ4v) is 5.64. The maximum absolute atomic E-state index is 13.9. The first-order chi connectivity index (χ1) is 18.3. The van der Waals surface area contributed by atoms with Crippen LogP contribution in [0.4, 0.5) is 0 Å². The molecule has 0 saturated carbocycles. The molecule has 10 heteroatoms. The molecule has 0 aliphatic carbocycles. The quantitative estimate of drug-likeness (QED) is 0.339. The summed E-state index contributed by atoms with van der Waals surface area (Å²) in [5, 5.41) is 0. The van der Waals surface area contributed by atoms with Crippen LogP contribution in [0.3, 0.4) is 0 Å². The molecule has 0 fully saturated rings. The number of hydrogen-bond acceptors (Lipinski definition) is 8. The molecule has 0 N–H and O–H groups in total. The van der Waals surface area contributed by atoms with E-state index in [1.54, 1.807) is 37.7 Å². The summed E-state index contributed by atoms with van der Waals surface area (Å²) < 4.78 is 25.1. The first-order valence-corrected chi connectivity index (χ1v) is 13.9.